The Balaban J connectivity index is 2.04. The van der Waals surface area contributed by atoms with Crippen LogP contribution < -0.4 is 10.1 Å². The number of ether oxygens (including phenoxy) is 1. The molecule has 0 bridgehead atoms. The maximum Gasteiger partial charge on any atom is 0.328 e. The van der Waals surface area contributed by atoms with E-state index in [1.165, 1.54) is 0 Å². The molecule has 0 spiro atoms. The summed E-state index contributed by atoms with van der Waals surface area (Å²) >= 11 is 6.14. The van der Waals surface area contributed by atoms with Crippen molar-refractivity contribution in [2.24, 2.45) is 0 Å². The Hall–Kier alpha value is -2.08. The number of benzene rings is 1. The topological polar surface area (TPSA) is 77.2 Å². The summed E-state index contributed by atoms with van der Waals surface area (Å²) in [6.45, 7) is 7.48. The number of rotatable bonds is 5. The molecular formula is C15H18ClN3O3. The number of nitrogens with one attached hydrogen (secondary N) is 1. The lowest BCUT2D eigenvalue weighted by Crippen LogP contribution is -2.20. The van der Waals surface area contributed by atoms with Crippen LogP contribution in [0.15, 0.2) is 16.7 Å². The van der Waals surface area contributed by atoms with Crippen LogP contribution in [0.1, 0.15) is 36.7 Å². The van der Waals surface area contributed by atoms with Gasteiger partial charge in [0.25, 0.3) is 5.91 Å². The molecule has 0 aliphatic rings. The van der Waals surface area contributed by atoms with Crippen LogP contribution in [0.2, 0.25) is 5.02 Å². The molecule has 0 radical (unpaired) electrons. The molecule has 6 nitrogen and oxygen atoms in total. The summed E-state index contributed by atoms with van der Waals surface area (Å²) < 4.78 is 10.4. The summed E-state index contributed by atoms with van der Waals surface area (Å²) in [6, 6.07) is 3.76. The molecule has 2 rings (SSSR count). The fourth-order valence-electron chi connectivity index (χ4n) is 1.89. The predicted octanol–water partition coefficient (Wildman–Crippen LogP) is 3.48. The molecule has 0 atom stereocenters. The van der Waals surface area contributed by atoms with Crippen LogP contribution in [-0.2, 0) is 4.79 Å². The van der Waals surface area contributed by atoms with Gasteiger partial charge in [0.2, 0.25) is 0 Å². The van der Waals surface area contributed by atoms with Gasteiger partial charge in [0.1, 0.15) is 5.75 Å². The number of aromatic nitrogens is 2. The van der Waals surface area contributed by atoms with E-state index in [1.54, 1.807) is 6.92 Å². The molecule has 0 aliphatic carbocycles. The van der Waals surface area contributed by atoms with Gasteiger partial charge in [-0.15, -0.1) is 0 Å². The van der Waals surface area contributed by atoms with Crippen molar-refractivity contribution in [2.45, 2.75) is 33.6 Å². The van der Waals surface area contributed by atoms with Crippen molar-refractivity contribution in [3.05, 3.63) is 34.1 Å². The first-order valence-electron chi connectivity index (χ1n) is 6.90. The summed E-state index contributed by atoms with van der Waals surface area (Å²) in [5, 5.41) is 6.75. The molecule has 7 heteroatoms. The fourth-order valence-corrected chi connectivity index (χ4v) is 2.07. The van der Waals surface area contributed by atoms with E-state index in [4.69, 9.17) is 20.9 Å². The highest BCUT2D eigenvalue weighted by molar-refractivity contribution is 6.31. The van der Waals surface area contributed by atoms with Crippen molar-refractivity contribution in [3.8, 4) is 5.75 Å². The minimum atomic E-state index is -0.369. The van der Waals surface area contributed by atoms with Gasteiger partial charge >= 0.3 is 6.01 Å². The molecule has 0 saturated heterocycles. The van der Waals surface area contributed by atoms with Crippen molar-refractivity contribution >= 4 is 23.5 Å². The second kappa shape index (κ2) is 6.79. The standard InChI is InChI=1S/C15H18ClN3O3/c1-8(2)11-6-12(16)9(3)5-13(11)21-7-14(20)18-15-17-10(4)19-22-15/h5-6,8H,7H2,1-4H3,(H,17,18,19,20). The van der Waals surface area contributed by atoms with E-state index in [2.05, 4.69) is 15.5 Å². The summed E-state index contributed by atoms with van der Waals surface area (Å²) in [4.78, 5) is 15.7. The van der Waals surface area contributed by atoms with E-state index in [9.17, 15) is 4.79 Å². The molecule has 0 unspecified atom stereocenters. The Bertz CT molecular complexity index is 683. The Morgan fingerprint density at radius 2 is 2.14 bits per heavy atom. The summed E-state index contributed by atoms with van der Waals surface area (Å²) in [6.07, 6.45) is 0. The number of amides is 1. The molecule has 1 aromatic heterocycles. The average Bonchev–Trinajstić information content (AvgIpc) is 2.84. The summed E-state index contributed by atoms with van der Waals surface area (Å²) in [7, 11) is 0. The number of aryl methyl sites for hydroxylation is 2. The lowest BCUT2D eigenvalue weighted by atomic mass is 10.0. The van der Waals surface area contributed by atoms with Gasteiger partial charge < -0.3 is 9.26 Å². The van der Waals surface area contributed by atoms with Gasteiger partial charge in [-0.25, -0.2) is 0 Å². The molecule has 2 aromatic rings. The van der Waals surface area contributed by atoms with E-state index in [-0.39, 0.29) is 24.4 Å². The van der Waals surface area contributed by atoms with Gasteiger partial charge in [-0.05, 0) is 43.0 Å². The van der Waals surface area contributed by atoms with Crippen LogP contribution in [0.5, 0.6) is 5.75 Å². The number of nitrogens with zero attached hydrogens (tertiary/aromatic N) is 2. The Kier molecular flexibility index (Phi) is 5.03. The molecule has 22 heavy (non-hydrogen) atoms. The molecular weight excluding hydrogens is 306 g/mol. The van der Waals surface area contributed by atoms with Gasteiger partial charge in [-0.1, -0.05) is 30.6 Å². The highest BCUT2D eigenvalue weighted by Crippen LogP contribution is 2.31. The van der Waals surface area contributed by atoms with Gasteiger partial charge in [0.05, 0.1) is 0 Å². The third-order valence-electron chi connectivity index (χ3n) is 3.05. The predicted molar refractivity (Wildman–Crippen MR) is 83.4 cm³/mol. The molecule has 118 valence electrons. The molecule has 0 saturated carbocycles. The van der Waals surface area contributed by atoms with Gasteiger partial charge in [-0.2, -0.15) is 4.98 Å². The smallest absolute Gasteiger partial charge is 0.328 e. The third-order valence-corrected chi connectivity index (χ3v) is 3.45. The second-order valence-corrected chi connectivity index (χ2v) is 5.68. The van der Waals surface area contributed by atoms with Gasteiger partial charge in [-0.3, -0.25) is 10.1 Å². The SMILES string of the molecule is Cc1noc(NC(=O)COc2cc(C)c(Cl)cc2C(C)C)n1. The second-order valence-electron chi connectivity index (χ2n) is 5.28. The van der Waals surface area contributed by atoms with Crippen LogP contribution in [0.25, 0.3) is 0 Å². The maximum atomic E-state index is 11.8. The number of halogens is 1. The zero-order chi connectivity index (χ0) is 16.3. The van der Waals surface area contributed by atoms with E-state index in [0.29, 0.717) is 16.6 Å². The zero-order valence-electron chi connectivity index (χ0n) is 12.9. The zero-order valence-corrected chi connectivity index (χ0v) is 13.7. The van der Waals surface area contributed by atoms with Crippen molar-refractivity contribution in [1.29, 1.82) is 0 Å². The fraction of sp³-hybridized carbons (Fsp3) is 0.400. The first-order chi connectivity index (χ1) is 10.4. The largest absolute Gasteiger partial charge is 0.483 e. The number of carbonyl (C=O) groups excluding carboxylic acids is 1. The van der Waals surface area contributed by atoms with Crippen molar-refractivity contribution in [2.75, 3.05) is 11.9 Å². The first-order valence-corrected chi connectivity index (χ1v) is 7.27. The van der Waals surface area contributed by atoms with Crippen LogP contribution in [-0.4, -0.2) is 22.7 Å². The normalized spacial score (nSPS) is 10.8. The van der Waals surface area contributed by atoms with E-state index in [0.717, 1.165) is 11.1 Å². The average molecular weight is 324 g/mol. The third kappa shape index (κ3) is 3.98. The van der Waals surface area contributed by atoms with Crippen LogP contribution >= 0.6 is 11.6 Å². The lowest BCUT2D eigenvalue weighted by molar-refractivity contribution is -0.118. The van der Waals surface area contributed by atoms with Crippen molar-refractivity contribution < 1.29 is 14.1 Å². The molecule has 0 fully saturated rings. The van der Waals surface area contributed by atoms with Crippen molar-refractivity contribution in [3.63, 3.8) is 0 Å². The number of carbonyl (C=O) groups is 1. The first kappa shape index (κ1) is 16.3. The minimum absolute atomic E-state index is 0.0578. The summed E-state index contributed by atoms with van der Waals surface area (Å²) in [5.74, 6) is 0.959. The Morgan fingerprint density at radius 1 is 1.41 bits per heavy atom. The highest BCUT2D eigenvalue weighted by atomic mass is 35.5. The summed E-state index contributed by atoms with van der Waals surface area (Å²) in [5.41, 5.74) is 1.85. The van der Waals surface area contributed by atoms with Crippen LogP contribution in [0.3, 0.4) is 0 Å². The van der Waals surface area contributed by atoms with Crippen molar-refractivity contribution in [1.82, 2.24) is 10.1 Å². The van der Waals surface area contributed by atoms with Crippen LogP contribution in [0, 0.1) is 13.8 Å². The molecule has 1 amide bonds. The van der Waals surface area contributed by atoms with E-state index < -0.39 is 0 Å². The Morgan fingerprint density at radius 3 is 2.73 bits per heavy atom. The van der Waals surface area contributed by atoms with Crippen LogP contribution in [0.4, 0.5) is 6.01 Å². The number of hydrogen-bond donors (Lipinski definition) is 1. The van der Waals surface area contributed by atoms with Gasteiger partial charge in [0, 0.05) is 5.02 Å². The molecule has 0 aliphatic heterocycles. The van der Waals surface area contributed by atoms with Gasteiger partial charge in [0.15, 0.2) is 12.4 Å². The minimum Gasteiger partial charge on any atom is -0.483 e. The highest BCUT2D eigenvalue weighted by Gasteiger charge is 2.14. The number of anilines is 1. The Labute approximate surface area is 133 Å². The van der Waals surface area contributed by atoms with E-state index >= 15 is 0 Å². The number of hydrogen-bond acceptors (Lipinski definition) is 5. The quantitative estimate of drug-likeness (QED) is 0.911. The maximum absolute atomic E-state index is 11.8. The monoisotopic (exact) mass is 323 g/mol. The molecule has 1 aromatic carbocycles. The molecule has 1 N–H and O–H groups in total. The van der Waals surface area contributed by atoms with E-state index in [1.807, 2.05) is 32.9 Å². The lowest BCUT2D eigenvalue weighted by Gasteiger charge is -2.15. The molecule has 1 heterocycles.